The summed E-state index contributed by atoms with van der Waals surface area (Å²) in [5.41, 5.74) is 3.64. The van der Waals surface area contributed by atoms with Crippen molar-refractivity contribution in [3.8, 4) is 23.5 Å². The highest BCUT2D eigenvalue weighted by molar-refractivity contribution is 6.07. The molecule has 4 nitrogen and oxygen atoms in total. The minimum atomic E-state index is -0.238. The number of nitrogens with one attached hydrogen (secondary N) is 1. The fraction of sp³-hybridized carbons (Fsp3) is 0.0526. The predicted molar refractivity (Wildman–Crippen MR) is 91.0 cm³/mol. The first-order chi connectivity index (χ1) is 11.2. The maximum Gasteiger partial charge on any atom is 0.258 e. The van der Waals surface area contributed by atoms with Gasteiger partial charge in [-0.2, -0.15) is 5.10 Å². The van der Waals surface area contributed by atoms with Gasteiger partial charge in [0, 0.05) is 24.4 Å². The van der Waals surface area contributed by atoms with E-state index < -0.39 is 0 Å². The maximum absolute atomic E-state index is 12.4. The van der Waals surface area contributed by atoms with Crippen LogP contribution in [0.15, 0.2) is 60.9 Å². The Morgan fingerprint density at radius 2 is 1.96 bits per heavy atom. The zero-order valence-corrected chi connectivity index (χ0v) is 12.7. The SMILES string of the molecule is C#Cc1cccc(-c2ccccc2)c1NC(=O)c1cnn(C)c1. The molecule has 0 aliphatic heterocycles. The van der Waals surface area contributed by atoms with Crippen LogP contribution < -0.4 is 5.32 Å². The van der Waals surface area contributed by atoms with E-state index in [2.05, 4.69) is 16.3 Å². The van der Waals surface area contributed by atoms with Crippen molar-refractivity contribution >= 4 is 11.6 Å². The second kappa shape index (κ2) is 6.20. The van der Waals surface area contributed by atoms with Gasteiger partial charge in [0.05, 0.1) is 17.4 Å². The number of para-hydroxylation sites is 1. The molecule has 1 N–H and O–H groups in total. The Bertz CT molecular complexity index is 888. The summed E-state index contributed by atoms with van der Waals surface area (Å²) in [6, 6.07) is 15.4. The van der Waals surface area contributed by atoms with E-state index in [-0.39, 0.29) is 5.91 Å². The highest BCUT2D eigenvalue weighted by Crippen LogP contribution is 2.31. The van der Waals surface area contributed by atoms with Crippen molar-refractivity contribution in [1.29, 1.82) is 0 Å². The molecule has 0 unspecified atom stereocenters. The number of nitrogens with zero attached hydrogens (tertiary/aromatic N) is 2. The van der Waals surface area contributed by atoms with Gasteiger partial charge in [-0.05, 0) is 11.6 Å². The molecule has 1 amide bonds. The number of aryl methyl sites for hydroxylation is 1. The number of carbonyl (C=O) groups excluding carboxylic acids is 1. The van der Waals surface area contributed by atoms with Gasteiger partial charge in [0.25, 0.3) is 5.91 Å². The van der Waals surface area contributed by atoms with Crippen molar-refractivity contribution in [2.75, 3.05) is 5.32 Å². The monoisotopic (exact) mass is 301 g/mol. The molecule has 0 bridgehead atoms. The van der Waals surface area contributed by atoms with Gasteiger partial charge in [-0.15, -0.1) is 6.42 Å². The fourth-order valence-corrected chi connectivity index (χ4v) is 2.39. The number of hydrogen-bond acceptors (Lipinski definition) is 2. The molecule has 0 radical (unpaired) electrons. The minimum Gasteiger partial charge on any atom is -0.320 e. The lowest BCUT2D eigenvalue weighted by Gasteiger charge is -2.13. The molecule has 0 aliphatic rings. The number of anilines is 1. The van der Waals surface area contributed by atoms with Crippen LogP contribution in [-0.2, 0) is 7.05 Å². The quantitative estimate of drug-likeness (QED) is 0.754. The van der Waals surface area contributed by atoms with Crippen molar-refractivity contribution in [3.63, 3.8) is 0 Å². The molecule has 3 rings (SSSR count). The summed E-state index contributed by atoms with van der Waals surface area (Å²) in [6.45, 7) is 0. The predicted octanol–water partition coefficient (Wildman–Crippen LogP) is 3.32. The average molecular weight is 301 g/mol. The van der Waals surface area contributed by atoms with Crippen LogP contribution in [0.5, 0.6) is 0 Å². The highest BCUT2D eigenvalue weighted by atomic mass is 16.1. The van der Waals surface area contributed by atoms with E-state index in [1.54, 1.807) is 17.9 Å². The van der Waals surface area contributed by atoms with Crippen LogP contribution in [0.4, 0.5) is 5.69 Å². The summed E-state index contributed by atoms with van der Waals surface area (Å²) in [5.74, 6) is 2.39. The molecule has 3 aromatic rings. The minimum absolute atomic E-state index is 0.238. The van der Waals surface area contributed by atoms with Gasteiger partial charge in [0.15, 0.2) is 0 Å². The summed E-state index contributed by atoms with van der Waals surface area (Å²) >= 11 is 0. The lowest BCUT2D eigenvalue weighted by molar-refractivity contribution is 0.102. The normalized spacial score (nSPS) is 10.1. The third-order valence-corrected chi connectivity index (χ3v) is 3.51. The smallest absolute Gasteiger partial charge is 0.258 e. The summed E-state index contributed by atoms with van der Waals surface area (Å²) in [4.78, 5) is 12.4. The van der Waals surface area contributed by atoms with Crippen LogP contribution >= 0.6 is 0 Å². The summed E-state index contributed by atoms with van der Waals surface area (Å²) in [6.07, 6.45) is 8.78. The van der Waals surface area contributed by atoms with Crippen LogP contribution in [-0.4, -0.2) is 15.7 Å². The molecule has 0 atom stereocenters. The summed E-state index contributed by atoms with van der Waals surface area (Å²) in [7, 11) is 1.77. The Balaban J connectivity index is 2.04. The van der Waals surface area contributed by atoms with Crippen LogP contribution in [0.2, 0.25) is 0 Å². The van der Waals surface area contributed by atoms with Crippen LogP contribution in [0.3, 0.4) is 0 Å². The van der Waals surface area contributed by atoms with E-state index in [1.165, 1.54) is 6.20 Å². The van der Waals surface area contributed by atoms with Gasteiger partial charge in [-0.25, -0.2) is 0 Å². The number of hydrogen-bond donors (Lipinski definition) is 1. The first-order valence-electron chi connectivity index (χ1n) is 7.14. The van der Waals surface area contributed by atoms with Crippen molar-refractivity contribution in [2.45, 2.75) is 0 Å². The van der Waals surface area contributed by atoms with E-state index in [0.717, 1.165) is 11.1 Å². The van der Waals surface area contributed by atoms with Crippen molar-refractivity contribution in [1.82, 2.24) is 9.78 Å². The largest absolute Gasteiger partial charge is 0.320 e. The van der Waals surface area contributed by atoms with Crippen LogP contribution in [0, 0.1) is 12.3 Å². The molecular weight excluding hydrogens is 286 g/mol. The first-order valence-corrected chi connectivity index (χ1v) is 7.14. The van der Waals surface area contributed by atoms with E-state index in [9.17, 15) is 4.79 Å². The zero-order valence-electron chi connectivity index (χ0n) is 12.7. The Labute approximate surface area is 134 Å². The third-order valence-electron chi connectivity index (χ3n) is 3.51. The maximum atomic E-state index is 12.4. The molecule has 0 fully saturated rings. The molecule has 0 aliphatic carbocycles. The van der Waals surface area contributed by atoms with Crippen molar-refractivity contribution in [3.05, 3.63) is 72.1 Å². The molecule has 0 saturated carbocycles. The van der Waals surface area contributed by atoms with Gasteiger partial charge in [-0.3, -0.25) is 9.48 Å². The summed E-state index contributed by atoms with van der Waals surface area (Å²) < 4.78 is 1.58. The molecular formula is C19H15N3O. The van der Waals surface area contributed by atoms with E-state index >= 15 is 0 Å². The number of carbonyl (C=O) groups is 1. The van der Waals surface area contributed by atoms with Gasteiger partial charge < -0.3 is 5.32 Å². The zero-order chi connectivity index (χ0) is 16.2. The number of amides is 1. The van der Waals surface area contributed by atoms with Gasteiger partial charge in [0.2, 0.25) is 0 Å². The molecule has 1 aromatic heterocycles. The van der Waals surface area contributed by atoms with Crippen LogP contribution in [0.25, 0.3) is 11.1 Å². The molecule has 1 heterocycles. The lowest BCUT2D eigenvalue weighted by Crippen LogP contribution is -2.13. The average Bonchev–Trinajstić information content (AvgIpc) is 3.02. The third kappa shape index (κ3) is 2.99. The molecule has 2 aromatic carbocycles. The van der Waals surface area contributed by atoms with Crippen LogP contribution in [0.1, 0.15) is 15.9 Å². The molecule has 4 heteroatoms. The van der Waals surface area contributed by atoms with E-state index in [0.29, 0.717) is 16.8 Å². The Hall–Kier alpha value is -3.32. The Morgan fingerprint density at radius 3 is 2.61 bits per heavy atom. The topological polar surface area (TPSA) is 46.9 Å². The van der Waals surface area contributed by atoms with Gasteiger partial charge in [-0.1, -0.05) is 48.4 Å². The second-order valence-electron chi connectivity index (χ2n) is 5.10. The van der Waals surface area contributed by atoms with Crippen molar-refractivity contribution in [2.24, 2.45) is 7.05 Å². The number of aromatic nitrogens is 2. The second-order valence-corrected chi connectivity index (χ2v) is 5.10. The molecule has 0 saturated heterocycles. The molecule has 0 spiro atoms. The van der Waals surface area contributed by atoms with Gasteiger partial charge in [0.1, 0.15) is 0 Å². The van der Waals surface area contributed by atoms with E-state index in [1.807, 2.05) is 48.5 Å². The summed E-state index contributed by atoms with van der Waals surface area (Å²) in [5, 5.41) is 6.94. The Kier molecular flexibility index (Phi) is 3.94. The number of terminal acetylenes is 1. The highest BCUT2D eigenvalue weighted by Gasteiger charge is 2.14. The van der Waals surface area contributed by atoms with Gasteiger partial charge >= 0.3 is 0 Å². The molecule has 23 heavy (non-hydrogen) atoms. The molecule has 112 valence electrons. The number of rotatable bonds is 3. The first kappa shape index (κ1) is 14.6. The fourth-order valence-electron chi connectivity index (χ4n) is 2.39. The standard InChI is InChI=1S/C19H15N3O/c1-3-14-10-7-11-17(15-8-5-4-6-9-15)18(14)21-19(23)16-12-20-22(2)13-16/h1,4-13H,2H3,(H,21,23). The number of benzene rings is 2. The lowest BCUT2D eigenvalue weighted by atomic mass is 10.00. The van der Waals surface area contributed by atoms with Crippen molar-refractivity contribution < 1.29 is 4.79 Å². The Morgan fingerprint density at radius 1 is 1.17 bits per heavy atom. The van der Waals surface area contributed by atoms with E-state index in [4.69, 9.17) is 6.42 Å².